The number of nitrogens with zero attached hydrogens (tertiary/aromatic N) is 1. The molecule has 140 valence electrons. The van der Waals surface area contributed by atoms with Gasteiger partial charge in [-0.1, -0.05) is 6.07 Å². The second-order valence-electron chi connectivity index (χ2n) is 6.61. The van der Waals surface area contributed by atoms with Gasteiger partial charge in [0.25, 0.3) is 5.91 Å². The van der Waals surface area contributed by atoms with Gasteiger partial charge < -0.3 is 20.3 Å². The van der Waals surface area contributed by atoms with E-state index in [0.717, 1.165) is 0 Å². The van der Waals surface area contributed by atoms with Gasteiger partial charge in [-0.25, -0.2) is 0 Å². The number of hydrogen-bond acceptors (Lipinski definition) is 5. The monoisotopic (exact) mass is 366 g/mol. The molecule has 0 unspecified atom stereocenters. The van der Waals surface area contributed by atoms with Crippen LogP contribution in [0.25, 0.3) is 5.57 Å². The van der Waals surface area contributed by atoms with Crippen molar-refractivity contribution in [3.63, 3.8) is 0 Å². The summed E-state index contributed by atoms with van der Waals surface area (Å²) in [4.78, 5) is 13.0. The van der Waals surface area contributed by atoms with E-state index in [9.17, 15) is 15.0 Å². The molecule has 0 atom stereocenters. The van der Waals surface area contributed by atoms with Gasteiger partial charge in [0, 0.05) is 5.69 Å². The van der Waals surface area contributed by atoms with Crippen LogP contribution in [0.3, 0.4) is 0 Å². The van der Waals surface area contributed by atoms with Crippen molar-refractivity contribution in [3.05, 3.63) is 64.9 Å². The van der Waals surface area contributed by atoms with Gasteiger partial charge in [0.2, 0.25) is 0 Å². The Kier molecular flexibility index (Phi) is 5.88. The number of aliphatic hydroxyl groups is 2. The van der Waals surface area contributed by atoms with Crippen LogP contribution in [0.1, 0.15) is 30.5 Å². The van der Waals surface area contributed by atoms with E-state index in [1.165, 1.54) is 19.9 Å². The lowest BCUT2D eigenvalue weighted by molar-refractivity contribution is -0.111. The fraction of sp³-hybridized carbons (Fsp3) is 0.238. The summed E-state index contributed by atoms with van der Waals surface area (Å²) in [6, 6.07) is 13.5. The minimum absolute atomic E-state index is 0.0899. The molecule has 3 N–H and O–H groups in total. The first-order chi connectivity index (χ1) is 12.7. The number of hydrogen-bond donors (Lipinski definition) is 3. The molecule has 0 fully saturated rings. The molecule has 0 radical (unpaired) electrons. The third-order valence-electron chi connectivity index (χ3n) is 4.03. The molecular weight excluding hydrogens is 344 g/mol. The van der Waals surface area contributed by atoms with Crippen LogP contribution in [0.2, 0.25) is 0 Å². The number of nitriles is 1. The third kappa shape index (κ3) is 4.66. The number of rotatable bonds is 5. The zero-order valence-electron chi connectivity index (χ0n) is 15.7. The highest BCUT2D eigenvalue weighted by Gasteiger charge is 2.29. The topological polar surface area (TPSA) is 103 Å². The maximum absolute atomic E-state index is 13.0. The summed E-state index contributed by atoms with van der Waals surface area (Å²) in [6.07, 6.45) is 0. The summed E-state index contributed by atoms with van der Waals surface area (Å²) >= 11 is 0. The van der Waals surface area contributed by atoms with E-state index in [1.54, 1.807) is 50.4 Å². The number of anilines is 1. The van der Waals surface area contributed by atoms with Crippen molar-refractivity contribution in [2.24, 2.45) is 0 Å². The highest BCUT2D eigenvalue weighted by molar-refractivity contribution is 6.26. The van der Waals surface area contributed by atoms with Gasteiger partial charge in [-0.2, -0.15) is 5.26 Å². The predicted octanol–water partition coefficient (Wildman–Crippen LogP) is 3.55. The van der Waals surface area contributed by atoms with E-state index in [4.69, 9.17) is 10.00 Å². The molecule has 0 saturated carbocycles. The number of ether oxygens (including phenoxy) is 1. The number of aryl methyl sites for hydroxylation is 1. The third-order valence-corrected chi connectivity index (χ3v) is 4.03. The minimum Gasteiger partial charge on any atom is -0.508 e. The minimum atomic E-state index is -1.64. The Morgan fingerprint density at radius 1 is 1.19 bits per heavy atom. The maximum atomic E-state index is 13.0. The number of aliphatic hydroxyl groups excluding tert-OH is 1. The van der Waals surface area contributed by atoms with Crippen molar-refractivity contribution >= 4 is 17.2 Å². The number of amides is 1. The summed E-state index contributed by atoms with van der Waals surface area (Å²) < 4.78 is 5.09. The first kappa shape index (κ1) is 20.0. The first-order valence-corrected chi connectivity index (χ1v) is 8.30. The van der Waals surface area contributed by atoms with Crippen LogP contribution in [0.15, 0.2) is 48.2 Å². The number of carbonyl (C=O) groups is 1. The lowest BCUT2D eigenvalue weighted by atomic mass is 9.92. The van der Waals surface area contributed by atoms with Gasteiger partial charge in [-0.05, 0) is 68.3 Å². The molecule has 1 amide bonds. The van der Waals surface area contributed by atoms with Gasteiger partial charge >= 0.3 is 0 Å². The summed E-state index contributed by atoms with van der Waals surface area (Å²) in [5.41, 5.74) is 0.170. The van der Waals surface area contributed by atoms with E-state index < -0.39 is 17.3 Å². The normalized spacial score (nSPS) is 12.0. The molecule has 0 heterocycles. The molecule has 0 aliphatic carbocycles. The molecule has 0 aliphatic heterocycles. The molecule has 6 nitrogen and oxygen atoms in total. The number of benzene rings is 2. The van der Waals surface area contributed by atoms with Crippen LogP contribution >= 0.6 is 0 Å². The molecule has 2 aromatic rings. The van der Waals surface area contributed by atoms with Crippen molar-refractivity contribution < 1.29 is 19.7 Å². The molecule has 2 rings (SSSR count). The Balaban J connectivity index is 2.54. The van der Waals surface area contributed by atoms with Crippen LogP contribution in [0.4, 0.5) is 5.69 Å². The van der Waals surface area contributed by atoms with Crippen LogP contribution in [0.5, 0.6) is 5.75 Å². The highest BCUT2D eigenvalue weighted by Crippen LogP contribution is 2.29. The Bertz CT molecular complexity index is 917. The molecule has 6 heteroatoms. The Hall–Kier alpha value is -3.30. The average molecular weight is 366 g/mol. The zero-order chi connectivity index (χ0) is 20.2. The molecule has 2 aromatic carbocycles. The van der Waals surface area contributed by atoms with Crippen molar-refractivity contribution in [2.75, 3.05) is 12.4 Å². The Morgan fingerprint density at radius 3 is 2.33 bits per heavy atom. The lowest BCUT2D eigenvalue weighted by Crippen LogP contribution is -2.27. The smallest absolute Gasteiger partial charge is 0.259 e. The standard InChI is InChI=1S/C21H22N2O4/c1-13-5-6-14(12-22)11-17(13)18(19(24)21(2,3)26)20(25)23-15-7-9-16(27-4)10-8-15/h5-11,24,26H,1-4H3,(H,23,25)/b19-18-. The van der Waals surface area contributed by atoms with E-state index in [-0.39, 0.29) is 5.57 Å². The molecule has 0 spiro atoms. The zero-order valence-corrected chi connectivity index (χ0v) is 15.7. The van der Waals surface area contributed by atoms with Crippen molar-refractivity contribution in [3.8, 4) is 11.8 Å². The Morgan fingerprint density at radius 2 is 1.81 bits per heavy atom. The molecule has 0 aliphatic rings. The van der Waals surface area contributed by atoms with E-state index >= 15 is 0 Å². The van der Waals surface area contributed by atoms with Crippen molar-refractivity contribution in [1.82, 2.24) is 0 Å². The number of nitrogens with one attached hydrogen (secondary N) is 1. The van der Waals surface area contributed by atoms with Crippen LogP contribution in [0, 0.1) is 18.3 Å². The van der Waals surface area contributed by atoms with Gasteiger partial charge in [0.05, 0.1) is 24.3 Å². The van der Waals surface area contributed by atoms with E-state index in [2.05, 4.69) is 5.32 Å². The summed E-state index contributed by atoms with van der Waals surface area (Å²) in [7, 11) is 1.54. The Labute approximate surface area is 158 Å². The van der Waals surface area contributed by atoms with E-state index in [0.29, 0.717) is 28.1 Å². The van der Waals surface area contributed by atoms with Gasteiger partial charge in [0.15, 0.2) is 0 Å². The predicted molar refractivity (Wildman–Crippen MR) is 103 cm³/mol. The largest absolute Gasteiger partial charge is 0.508 e. The fourth-order valence-corrected chi connectivity index (χ4v) is 2.49. The molecule has 0 aromatic heterocycles. The summed E-state index contributed by atoms with van der Waals surface area (Å²) in [6.45, 7) is 4.52. The molecule has 27 heavy (non-hydrogen) atoms. The van der Waals surface area contributed by atoms with Crippen LogP contribution < -0.4 is 10.1 Å². The quantitative estimate of drug-likeness (QED) is 0.555. The second kappa shape index (κ2) is 7.94. The van der Waals surface area contributed by atoms with Crippen molar-refractivity contribution in [1.29, 1.82) is 5.26 Å². The summed E-state index contributed by atoms with van der Waals surface area (Å²) in [5, 5.41) is 32.7. The average Bonchev–Trinajstić information content (AvgIpc) is 2.63. The highest BCUT2D eigenvalue weighted by atomic mass is 16.5. The molecule has 0 bridgehead atoms. The SMILES string of the molecule is COc1ccc(NC(=O)/C(=C(\O)C(C)(C)O)c2cc(C#N)ccc2C)cc1. The van der Waals surface area contributed by atoms with Crippen LogP contribution in [-0.4, -0.2) is 28.8 Å². The van der Waals surface area contributed by atoms with Crippen LogP contribution in [-0.2, 0) is 4.79 Å². The number of methoxy groups -OCH3 is 1. The molecular formula is C21H22N2O4. The lowest BCUT2D eigenvalue weighted by Gasteiger charge is -2.21. The maximum Gasteiger partial charge on any atom is 0.259 e. The molecule has 0 saturated heterocycles. The summed E-state index contributed by atoms with van der Waals surface area (Å²) in [5.74, 6) is -0.439. The van der Waals surface area contributed by atoms with Gasteiger partial charge in [-0.15, -0.1) is 0 Å². The fourth-order valence-electron chi connectivity index (χ4n) is 2.49. The first-order valence-electron chi connectivity index (χ1n) is 8.30. The second-order valence-corrected chi connectivity index (χ2v) is 6.61. The van der Waals surface area contributed by atoms with Gasteiger partial charge in [-0.3, -0.25) is 4.79 Å². The van der Waals surface area contributed by atoms with Gasteiger partial charge in [0.1, 0.15) is 17.1 Å². The van der Waals surface area contributed by atoms with Crippen molar-refractivity contribution in [2.45, 2.75) is 26.4 Å². The van der Waals surface area contributed by atoms with E-state index in [1.807, 2.05) is 6.07 Å². The number of carbonyl (C=O) groups excluding carboxylic acids is 1.